The number of hydrogen-bond donors (Lipinski definition) is 1. The van der Waals surface area contributed by atoms with Crippen LogP contribution in [-0.2, 0) is 16.3 Å². The first-order chi connectivity index (χ1) is 7.88. The number of fused-ring (bicyclic) bond motifs is 1. The van der Waals surface area contributed by atoms with Gasteiger partial charge in [0.05, 0.1) is 4.90 Å². The van der Waals surface area contributed by atoms with E-state index in [1.54, 1.807) is 6.07 Å². The van der Waals surface area contributed by atoms with Crippen molar-refractivity contribution in [2.75, 3.05) is 19.8 Å². The maximum absolute atomic E-state index is 11.5. The van der Waals surface area contributed by atoms with Crippen LogP contribution in [0.15, 0.2) is 23.2 Å². The Morgan fingerprint density at radius 2 is 2.00 bits per heavy atom. The first-order valence-electron chi connectivity index (χ1n) is 5.32. The molecule has 0 radical (unpaired) electrons. The molecular weight excluding hydrogens is 318 g/mol. The van der Waals surface area contributed by atoms with Crippen LogP contribution in [-0.4, -0.2) is 38.3 Å². The number of likely N-dealkylation sites (N-methyl/N-ethyl adjacent to an activating group) is 1. The molecule has 2 rings (SSSR count). The van der Waals surface area contributed by atoms with Gasteiger partial charge < -0.3 is 10.0 Å². The number of aromatic hydroxyl groups is 1. The minimum Gasteiger partial charge on any atom is -0.507 e. The fourth-order valence-corrected chi connectivity index (χ4v) is 2.54. The lowest BCUT2D eigenvalue weighted by Gasteiger charge is -2.11. The van der Waals surface area contributed by atoms with Gasteiger partial charge in [0.2, 0.25) is 0 Å². The molecule has 0 aliphatic carbocycles. The van der Waals surface area contributed by atoms with E-state index in [4.69, 9.17) is 0 Å². The van der Waals surface area contributed by atoms with Gasteiger partial charge in [0.25, 0.3) is 0 Å². The smallest absolute Gasteiger partial charge is 0.175 e. The van der Waals surface area contributed by atoms with Crippen LogP contribution < -0.4 is 0 Å². The summed E-state index contributed by atoms with van der Waals surface area (Å²) in [4.78, 5) is 2.17. The molecule has 0 aromatic heterocycles. The lowest BCUT2D eigenvalue weighted by atomic mass is 10.0. The summed E-state index contributed by atoms with van der Waals surface area (Å²) in [6.07, 6.45) is 5.55. The van der Waals surface area contributed by atoms with Crippen molar-refractivity contribution in [1.29, 1.82) is 0 Å². The average molecular weight is 334 g/mol. The highest BCUT2D eigenvalue weighted by Gasteiger charge is 2.16. The highest BCUT2D eigenvalue weighted by atomic mass is 79.9. The van der Waals surface area contributed by atoms with E-state index < -0.39 is 9.84 Å². The normalized spacial score (nSPS) is 14.7. The Bertz CT molecular complexity index is 581. The number of nitrogens with zero attached hydrogens (tertiary/aromatic N) is 1. The molecular formula is C12H16BrNO3S. The third-order valence-electron chi connectivity index (χ3n) is 2.88. The molecule has 0 fully saturated rings. The van der Waals surface area contributed by atoms with Gasteiger partial charge in [-0.3, -0.25) is 0 Å². The number of hydrogen-bond acceptors (Lipinski definition) is 4. The average Bonchev–Trinajstić information content (AvgIpc) is 2.40. The van der Waals surface area contributed by atoms with E-state index in [1.807, 2.05) is 24.2 Å². The standard InChI is InChI=1S/C12H15NO3S.BrH/c1-13-5-3-9-7-10(17(2,15)16)8-12(14)11(9)4-6-13;/h4,6-8,14H,3,5H2,1-2H3;1H. The van der Waals surface area contributed by atoms with E-state index in [1.165, 1.54) is 6.07 Å². The zero-order valence-corrected chi connectivity index (χ0v) is 12.8. The summed E-state index contributed by atoms with van der Waals surface area (Å²) in [5.41, 5.74) is 1.58. The van der Waals surface area contributed by atoms with E-state index in [9.17, 15) is 13.5 Å². The Balaban J connectivity index is 0.00000162. The number of phenolic OH excluding ortho intramolecular Hbond substituents is 1. The Kier molecular flexibility index (Phi) is 4.45. The summed E-state index contributed by atoms with van der Waals surface area (Å²) >= 11 is 0. The SMILES string of the molecule is Br.CN1C=Cc2c(O)cc(S(C)(=O)=O)cc2CC1. The van der Waals surface area contributed by atoms with E-state index in [2.05, 4.69) is 0 Å². The van der Waals surface area contributed by atoms with Gasteiger partial charge in [0.15, 0.2) is 9.84 Å². The summed E-state index contributed by atoms with van der Waals surface area (Å²) in [5, 5.41) is 9.88. The second-order valence-electron chi connectivity index (χ2n) is 4.33. The van der Waals surface area contributed by atoms with Crippen LogP contribution in [0.3, 0.4) is 0 Å². The van der Waals surface area contributed by atoms with Gasteiger partial charge in [-0.25, -0.2) is 8.42 Å². The van der Waals surface area contributed by atoms with Crippen molar-refractivity contribution in [2.45, 2.75) is 11.3 Å². The minimum absolute atomic E-state index is 0. The maximum Gasteiger partial charge on any atom is 0.175 e. The molecule has 0 saturated heterocycles. The summed E-state index contributed by atoms with van der Waals surface area (Å²) in [6.45, 7) is 0.802. The van der Waals surface area contributed by atoms with Crippen molar-refractivity contribution in [3.63, 3.8) is 0 Å². The maximum atomic E-state index is 11.5. The molecule has 1 heterocycles. The highest BCUT2D eigenvalue weighted by molar-refractivity contribution is 8.93. The highest BCUT2D eigenvalue weighted by Crippen LogP contribution is 2.29. The number of benzene rings is 1. The fourth-order valence-electron chi connectivity index (χ4n) is 1.85. The fraction of sp³-hybridized carbons (Fsp3) is 0.333. The predicted molar refractivity (Wildman–Crippen MR) is 76.9 cm³/mol. The van der Waals surface area contributed by atoms with Crippen molar-refractivity contribution in [3.05, 3.63) is 29.5 Å². The largest absolute Gasteiger partial charge is 0.507 e. The molecule has 0 atom stereocenters. The van der Waals surface area contributed by atoms with Crippen LogP contribution in [0.2, 0.25) is 0 Å². The van der Waals surface area contributed by atoms with Gasteiger partial charge >= 0.3 is 0 Å². The van der Waals surface area contributed by atoms with Gasteiger partial charge in [-0.1, -0.05) is 0 Å². The first-order valence-corrected chi connectivity index (χ1v) is 7.21. The zero-order valence-electron chi connectivity index (χ0n) is 10.3. The molecule has 0 bridgehead atoms. The summed E-state index contributed by atoms with van der Waals surface area (Å²) in [7, 11) is -1.34. The summed E-state index contributed by atoms with van der Waals surface area (Å²) in [6, 6.07) is 2.96. The van der Waals surface area contributed by atoms with Crippen molar-refractivity contribution < 1.29 is 13.5 Å². The Labute approximate surface area is 118 Å². The monoisotopic (exact) mass is 333 g/mol. The van der Waals surface area contributed by atoms with Crippen molar-refractivity contribution in [3.8, 4) is 5.75 Å². The molecule has 1 aromatic carbocycles. The van der Waals surface area contributed by atoms with Gasteiger partial charge in [-0.2, -0.15) is 0 Å². The molecule has 1 aliphatic heterocycles. The third kappa shape index (κ3) is 3.05. The minimum atomic E-state index is -3.28. The molecule has 0 saturated carbocycles. The quantitative estimate of drug-likeness (QED) is 0.851. The number of sulfone groups is 1. The molecule has 4 nitrogen and oxygen atoms in total. The van der Waals surface area contributed by atoms with E-state index in [0.717, 1.165) is 24.8 Å². The molecule has 0 spiro atoms. The molecule has 1 N–H and O–H groups in total. The van der Waals surface area contributed by atoms with Crippen LogP contribution in [0.5, 0.6) is 5.75 Å². The summed E-state index contributed by atoms with van der Waals surface area (Å²) < 4.78 is 23.0. The van der Waals surface area contributed by atoms with Crippen LogP contribution in [0.4, 0.5) is 0 Å². The summed E-state index contributed by atoms with van der Waals surface area (Å²) in [5.74, 6) is 0.0227. The second-order valence-corrected chi connectivity index (χ2v) is 6.35. The Morgan fingerprint density at radius 1 is 1.33 bits per heavy atom. The third-order valence-corrected chi connectivity index (χ3v) is 3.97. The second kappa shape index (κ2) is 5.32. The van der Waals surface area contributed by atoms with Crippen LogP contribution in [0, 0.1) is 0 Å². The van der Waals surface area contributed by atoms with E-state index in [-0.39, 0.29) is 27.6 Å². The molecule has 6 heteroatoms. The van der Waals surface area contributed by atoms with Gasteiger partial charge in [0, 0.05) is 25.4 Å². The molecule has 0 unspecified atom stereocenters. The first kappa shape index (κ1) is 15.0. The van der Waals surface area contributed by atoms with Gasteiger partial charge in [-0.15, -0.1) is 17.0 Å². The molecule has 1 aliphatic rings. The number of halogens is 1. The predicted octanol–water partition coefficient (Wildman–Crippen LogP) is 1.83. The lowest BCUT2D eigenvalue weighted by molar-refractivity contribution is 0.463. The van der Waals surface area contributed by atoms with Crippen molar-refractivity contribution >= 4 is 32.9 Å². The number of rotatable bonds is 1. The Morgan fingerprint density at radius 3 is 2.61 bits per heavy atom. The van der Waals surface area contributed by atoms with Crippen LogP contribution >= 0.6 is 17.0 Å². The lowest BCUT2D eigenvalue weighted by Crippen LogP contribution is -2.12. The van der Waals surface area contributed by atoms with E-state index >= 15 is 0 Å². The van der Waals surface area contributed by atoms with E-state index in [0.29, 0.717) is 5.56 Å². The van der Waals surface area contributed by atoms with Crippen molar-refractivity contribution in [2.24, 2.45) is 0 Å². The van der Waals surface area contributed by atoms with Crippen LogP contribution in [0.1, 0.15) is 11.1 Å². The molecule has 1 aromatic rings. The van der Waals surface area contributed by atoms with Crippen LogP contribution in [0.25, 0.3) is 6.08 Å². The topological polar surface area (TPSA) is 57.6 Å². The van der Waals surface area contributed by atoms with Gasteiger partial charge in [0.1, 0.15) is 5.75 Å². The van der Waals surface area contributed by atoms with Crippen molar-refractivity contribution in [1.82, 2.24) is 4.90 Å². The Hall–Kier alpha value is -1.01. The number of phenols is 1. The van der Waals surface area contributed by atoms with Gasteiger partial charge in [-0.05, 0) is 36.4 Å². The molecule has 0 amide bonds. The molecule has 100 valence electrons. The zero-order chi connectivity index (χ0) is 12.6. The molecule has 18 heavy (non-hydrogen) atoms.